The minimum atomic E-state index is -0.775. The molecule has 1 aromatic heterocycles. The van der Waals surface area contributed by atoms with E-state index in [9.17, 15) is 9.50 Å². The number of hydrogen-bond donors (Lipinski definition) is 1. The van der Waals surface area contributed by atoms with Crippen LogP contribution in [0.4, 0.5) is 4.39 Å². The van der Waals surface area contributed by atoms with E-state index in [2.05, 4.69) is 5.10 Å². The van der Waals surface area contributed by atoms with E-state index in [-0.39, 0.29) is 5.82 Å². The summed E-state index contributed by atoms with van der Waals surface area (Å²) in [6.45, 7) is 3.24. The minimum Gasteiger partial charge on any atom is -0.389 e. The molecule has 0 saturated carbocycles. The van der Waals surface area contributed by atoms with E-state index in [1.807, 2.05) is 0 Å². The molecule has 5 heteroatoms. The van der Waals surface area contributed by atoms with Crippen molar-refractivity contribution in [2.75, 3.05) is 0 Å². The van der Waals surface area contributed by atoms with Gasteiger partial charge in [-0.25, -0.2) is 9.07 Å². The van der Waals surface area contributed by atoms with E-state index in [1.54, 1.807) is 26.1 Å². The molecule has 0 radical (unpaired) electrons. The molecule has 3 nitrogen and oxygen atoms in total. The molecule has 1 heterocycles. The number of hydrogen-bond acceptors (Lipinski definition) is 2. The molecule has 1 aromatic carbocycles. The number of rotatable bonds is 2. The lowest BCUT2D eigenvalue weighted by Crippen LogP contribution is -2.05. The van der Waals surface area contributed by atoms with E-state index in [4.69, 9.17) is 11.6 Å². The van der Waals surface area contributed by atoms with Crippen LogP contribution in [0.25, 0.3) is 5.69 Å². The molecule has 1 atom stereocenters. The predicted molar refractivity (Wildman–Crippen MR) is 63.9 cm³/mol. The van der Waals surface area contributed by atoms with E-state index < -0.39 is 6.10 Å². The van der Waals surface area contributed by atoms with Crippen LogP contribution in [0.5, 0.6) is 0 Å². The number of aliphatic hydroxyl groups excluding tert-OH is 1. The van der Waals surface area contributed by atoms with Gasteiger partial charge < -0.3 is 5.11 Å². The Morgan fingerprint density at radius 2 is 2.18 bits per heavy atom. The number of aliphatic hydroxyl groups is 1. The molecular weight excluding hydrogens is 243 g/mol. The molecule has 0 aliphatic carbocycles. The van der Waals surface area contributed by atoms with Gasteiger partial charge in [-0.15, -0.1) is 0 Å². The Balaban J connectivity index is 2.63. The standard InChI is InChI=1S/C12H12ClFN2O/c1-7-3-12(16-6-9(13)5-15-16)10(8(2)17)4-11(7)14/h3-6,8,17H,1-2H3/t8-/m1/s1. The van der Waals surface area contributed by atoms with Gasteiger partial charge in [-0.3, -0.25) is 0 Å². The van der Waals surface area contributed by atoms with E-state index in [1.165, 1.54) is 16.9 Å². The molecule has 2 aromatic rings. The average molecular weight is 255 g/mol. The second kappa shape index (κ2) is 4.47. The zero-order valence-electron chi connectivity index (χ0n) is 9.48. The van der Waals surface area contributed by atoms with Gasteiger partial charge in [-0.2, -0.15) is 5.10 Å². The van der Waals surface area contributed by atoms with Crippen LogP contribution >= 0.6 is 11.6 Å². The lowest BCUT2D eigenvalue weighted by atomic mass is 10.1. The van der Waals surface area contributed by atoms with Crippen LogP contribution in [0, 0.1) is 12.7 Å². The summed E-state index contributed by atoms with van der Waals surface area (Å²) in [5.41, 5.74) is 1.61. The van der Waals surface area contributed by atoms with Gasteiger partial charge in [0.05, 0.1) is 23.0 Å². The summed E-state index contributed by atoms with van der Waals surface area (Å²) < 4.78 is 15.0. The first kappa shape index (κ1) is 12.1. The maximum Gasteiger partial charge on any atom is 0.126 e. The maximum atomic E-state index is 13.5. The van der Waals surface area contributed by atoms with Gasteiger partial charge >= 0.3 is 0 Å². The van der Waals surface area contributed by atoms with Crippen LogP contribution in [-0.2, 0) is 0 Å². The molecule has 0 spiro atoms. The molecule has 0 aliphatic heterocycles. The summed E-state index contributed by atoms with van der Waals surface area (Å²) >= 11 is 5.79. The Kier molecular flexibility index (Phi) is 3.17. The van der Waals surface area contributed by atoms with E-state index >= 15 is 0 Å². The fraction of sp³-hybridized carbons (Fsp3) is 0.250. The van der Waals surface area contributed by atoms with E-state index in [0.29, 0.717) is 21.8 Å². The smallest absolute Gasteiger partial charge is 0.126 e. The molecule has 90 valence electrons. The van der Waals surface area contributed by atoms with Crippen molar-refractivity contribution < 1.29 is 9.50 Å². The van der Waals surface area contributed by atoms with Crippen molar-refractivity contribution >= 4 is 11.6 Å². The lowest BCUT2D eigenvalue weighted by molar-refractivity contribution is 0.198. The van der Waals surface area contributed by atoms with Crippen LogP contribution < -0.4 is 0 Å². The van der Waals surface area contributed by atoms with Crippen molar-refractivity contribution in [2.24, 2.45) is 0 Å². The van der Waals surface area contributed by atoms with Gasteiger partial charge in [0.2, 0.25) is 0 Å². The van der Waals surface area contributed by atoms with Crippen molar-refractivity contribution in [2.45, 2.75) is 20.0 Å². The van der Waals surface area contributed by atoms with Crippen LogP contribution in [0.1, 0.15) is 24.2 Å². The third-order valence-corrected chi connectivity index (χ3v) is 2.75. The third-order valence-electron chi connectivity index (χ3n) is 2.56. The molecule has 0 bridgehead atoms. The summed E-state index contributed by atoms with van der Waals surface area (Å²) in [6.07, 6.45) is 2.33. The van der Waals surface area contributed by atoms with Crippen molar-refractivity contribution in [3.05, 3.63) is 46.5 Å². The van der Waals surface area contributed by atoms with Gasteiger partial charge in [0.1, 0.15) is 5.82 Å². The molecule has 0 amide bonds. The van der Waals surface area contributed by atoms with Gasteiger partial charge in [0, 0.05) is 11.8 Å². The van der Waals surface area contributed by atoms with Crippen LogP contribution in [0.15, 0.2) is 24.5 Å². The number of nitrogens with zero attached hydrogens (tertiary/aromatic N) is 2. The van der Waals surface area contributed by atoms with Crippen molar-refractivity contribution in [3.63, 3.8) is 0 Å². The van der Waals surface area contributed by atoms with Gasteiger partial charge in [0.15, 0.2) is 0 Å². The molecule has 0 aliphatic rings. The first-order valence-electron chi connectivity index (χ1n) is 5.17. The molecule has 0 unspecified atom stereocenters. The highest BCUT2D eigenvalue weighted by Gasteiger charge is 2.13. The van der Waals surface area contributed by atoms with Crippen LogP contribution in [0.3, 0.4) is 0 Å². The maximum absolute atomic E-state index is 13.5. The number of benzene rings is 1. The van der Waals surface area contributed by atoms with Crippen molar-refractivity contribution in [3.8, 4) is 5.69 Å². The summed E-state index contributed by atoms with van der Waals surface area (Å²) in [7, 11) is 0. The van der Waals surface area contributed by atoms with Gasteiger partial charge in [-0.1, -0.05) is 11.6 Å². The second-order valence-electron chi connectivity index (χ2n) is 3.94. The highest BCUT2D eigenvalue weighted by Crippen LogP contribution is 2.25. The number of aromatic nitrogens is 2. The summed E-state index contributed by atoms with van der Waals surface area (Å²) in [5, 5.41) is 14.2. The fourth-order valence-corrected chi connectivity index (χ4v) is 1.78. The zero-order chi connectivity index (χ0) is 12.6. The SMILES string of the molecule is Cc1cc(-n2cc(Cl)cn2)c([C@@H](C)O)cc1F. The van der Waals surface area contributed by atoms with Crippen LogP contribution in [0.2, 0.25) is 5.02 Å². The van der Waals surface area contributed by atoms with Crippen LogP contribution in [-0.4, -0.2) is 14.9 Å². The molecular formula is C12H12ClFN2O. The highest BCUT2D eigenvalue weighted by molar-refractivity contribution is 6.30. The van der Waals surface area contributed by atoms with E-state index in [0.717, 1.165) is 0 Å². The van der Waals surface area contributed by atoms with Gasteiger partial charge in [0.25, 0.3) is 0 Å². The predicted octanol–water partition coefficient (Wildman–Crippen LogP) is 3.03. The summed E-state index contributed by atoms with van der Waals surface area (Å²) in [5.74, 6) is -0.345. The topological polar surface area (TPSA) is 38.0 Å². The Labute approximate surface area is 103 Å². The fourth-order valence-electron chi connectivity index (χ4n) is 1.65. The molecule has 1 N–H and O–H groups in total. The molecule has 0 fully saturated rings. The first-order chi connectivity index (χ1) is 7.99. The van der Waals surface area contributed by atoms with Crippen molar-refractivity contribution in [1.82, 2.24) is 9.78 Å². The monoisotopic (exact) mass is 254 g/mol. The Morgan fingerprint density at radius 3 is 2.71 bits per heavy atom. The first-order valence-corrected chi connectivity index (χ1v) is 5.55. The number of aryl methyl sites for hydroxylation is 1. The van der Waals surface area contributed by atoms with Crippen molar-refractivity contribution in [1.29, 1.82) is 0 Å². The largest absolute Gasteiger partial charge is 0.389 e. The number of halogens is 2. The summed E-state index contributed by atoms with van der Waals surface area (Å²) in [6, 6.07) is 2.96. The average Bonchev–Trinajstić information content (AvgIpc) is 2.68. The Bertz CT molecular complexity index is 551. The van der Waals surface area contributed by atoms with Gasteiger partial charge in [-0.05, 0) is 31.5 Å². The third kappa shape index (κ3) is 2.33. The quantitative estimate of drug-likeness (QED) is 0.895. The Morgan fingerprint density at radius 1 is 1.47 bits per heavy atom. The minimum absolute atomic E-state index is 0.345. The summed E-state index contributed by atoms with van der Waals surface area (Å²) in [4.78, 5) is 0. The molecule has 0 saturated heterocycles. The Hall–Kier alpha value is -1.39. The molecule has 2 rings (SSSR count). The lowest BCUT2D eigenvalue weighted by Gasteiger charge is -2.13. The molecule has 17 heavy (non-hydrogen) atoms. The normalized spacial score (nSPS) is 12.8. The second-order valence-corrected chi connectivity index (χ2v) is 4.38. The zero-order valence-corrected chi connectivity index (χ0v) is 10.2. The highest BCUT2D eigenvalue weighted by atomic mass is 35.5.